The summed E-state index contributed by atoms with van der Waals surface area (Å²) in [5.41, 5.74) is 4.12. The first-order chi connectivity index (χ1) is 14.9. The van der Waals surface area contributed by atoms with Gasteiger partial charge in [0.15, 0.2) is 0 Å². The van der Waals surface area contributed by atoms with E-state index in [0.29, 0.717) is 33.8 Å². The molecule has 0 saturated carbocycles. The molecule has 0 unspecified atom stereocenters. The van der Waals surface area contributed by atoms with E-state index < -0.39 is 11.6 Å². The van der Waals surface area contributed by atoms with Crippen molar-refractivity contribution >= 4 is 40.3 Å². The van der Waals surface area contributed by atoms with Gasteiger partial charge in [0.25, 0.3) is 0 Å². The zero-order chi connectivity index (χ0) is 22.2. The highest BCUT2D eigenvalue weighted by atomic mass is 35.5. The van der Waals surface area contributed by atoms with Gasteiger partial charge in [-0.25, -0.2) is 13.8 Å². The SMILES string of the molecule is CCOC(=O)Cc1csc(NN=Cc2cc(Cl)ccc2OCc2ccc(F)cc2F)n1. The minimum atomic E-state index is -0.687. The lowest BCUT2D eigenvalue weighted by atomic mass is 10.2. The molecule has 0 atom stereocenters. The van der Waals surface area contributed by atoms with Gasteiger partial charge in [-0.05, 0) is 37.3 Å². The van der Waals surface area contributed by atoms with E-state index in [0.717, 1.165) is 6.07 Å². The number of hydrogen-bond acceptors (Lipinski definition) is 7. The highest BCUT2D eigenvalue weighted by molar-refractivity contribution is 7.13. The fourth-order valence-electron chi connectivity index (χ4n) is 2.50. The van der Waals surface area contributed by atoms with Crippen molar-refractivity contribution in [2.75, 3.05) is 12.0 Å². The standard InChI is InChI=1S/C21H18ClF2N3O3S/c1-2-29-20(28)9-17-12-31-21(26-17)27-25-10-14-7-15(22)4-6-19(14)30-11-13-3-5-16(23)8-18(13)24/h3-8,10,12H,2,9,11H2,1H3,(H,26,27). The highest BCUT2D eigenvalue weighted by Gasteiger charge is 2.09. The number of esters is 1. The van der Waals surface area contributed by atoms with Gasteiger partial charge in [-0.2, -0.15) is 5.10 Å². The Morgan fingerprint density at radius 2 is 2.13 bits per heavy atom. The Morgan fingerprint density at radius 3 is 2.90 bits per heavy atom. The van der Waals surface area contributed by atoms with E-state index in [4.69, 9.17) is 21.1 Å². The van der Waals surface area contributed by atoms with Gasteiger partial charge in [0.05, 0.1) is 24.9 Å². The number of rotatable bonds is 9. The van der Waals surface area contributed by atoms with Gasteiger partial charge >= 0.3 is 5.97 Å². The normalized spacial score (nSPS) is 11.0. The number of anilines is 1. The number of thiazole rings is 1. The molecule has 0 amide bonds. The molecule has 0 aliphatic rings. The van der Waals surface area contributed by atoms with Crippen molar-refractivity contribution in [3.05, 3.63) is 75.3 Å². The van der Waals surface area contributed by atoms with Crippen LogP contribution in [0.4, 0.5) is 13.9 Å². The highest BCUT2D eigenvalue weighted by Crippen LogP contribution is 2.23. The van der Waals surface area contributed by atoms with E-state index in [2.05, 4.69) is 15.5 Å². The van der Waals surface area contributed by atoms with Crippen LogP contribution in [0.2, 0.25) is 5.02 Å². The first-order valence-electron chi connectivity index (χ1n) is 9.20. The molecule has 0 aliphatic carbocycles. The van der Waals surface area contributed by atoms with Crippen molar-refractivity contribution in [2.45, 2.75) is 20.0 Å². The summed E-state index contributed by atoms with van der Waals surface area (Å²) in [6.07, 6.45) is 1.57. The molecule has 0 spiro atoms. The molecule has 3 aromatic rings. The molecule has 31 heavy (non-hydrogen) atoms. The second kappa shape index (κ2) is 10.8. The number of carbonyl (C=O) groups excluding carboxylic acids is 1. The zero-order valence-corrected chi connectivity index (χ0v) is 18.0. The summed E-state index contributed by atoms with van der Waals surface area (Å²) in [5, 5.41) is 6.82. The number of nitrogens with zero attached hydrogens (tertiary/aromatic N) is 2. The average molecular weight is 466 g/mol. The van der Waals surface area contributed by atoms with Crippen LogP contribution in [0.25, 0.3) is 0 Å². The number of halogens is 3. The fourth-order valence-corrected chi connectivity index (χ4v) is 3.34. The van der Waals surface area contributed by atoms with E-state index in [-0.39, 0.29) is 24.6 Å². The molecule has 1 N–H and O–H groups in total. The third-order valence-corrected chi connectivity index (χ3v) is 4.95. The summed E-state index contributed by atoms with van der Waals surface area (Å²) >= 11 is 7.35. The molecular weight excluding hydrogens is 448 g/mol. The maximum Gasteiger partial charge on any atom is 0.311 e. The van der Waals surface area contributed by atoms with Gasteiger partial charge in [-0.3, -0.25) is 10.2 Å². The number of benzene rings is 2. The van der Waals surface area contributed by atoms with E-state index in [1.807, 2.05) is 0 Å². The van der Waals surface area contributed by atoms with Crippen molar-refractivity contribution in [1.29, 1.82) is 0 Å². The lowest BCUT2D eigenvalue weighted by Gasteiger charge is -2.10. The summed E-state index contributed by atoms with van der Waals surface area (Å²) < 4.78 is 37.4. The number of nitrogens with one attached hydrogen (secondary N) is 1. The Balaban J connectivity index is 1.64. The van der Waals surface area contributed by atoms with Crippen LogP contribution in [0.15, 0.2) is 46.9 Å². The Kier molecular flexibility index (Phi) is 7.91. The largest absolute Gasteiger partial charge is 0.488 e. The van der Waals surface area contributed by atoms with Gasteiger partial charge in [0, 0.05) is 27.6 Å². The minimum absolute atomic E-state index is 0.0853. The maximum atomic E-state index is 13.8. The number of aromatic nitrogens is 1. The predicted octanol–water partition coefficient (Wildman–Crippen LogP) is 5.21. The minimum Gasteiger partial charge on any atom is -0.488 e. The van der Waals surface area contributed by atoms with E-state index in [1.54, 1.807) is 30.5 Å². The van der Waals surface area contributed by atoms with Crippen molar-refractivity contribution in [3.63, 3.8) is 0 Å². The van der Waals surface area contributed by atoms with Gasteiger partial charge in [-0.15, -0.1) is 11.3 Å². The van der Waals surface area contributed by atoms with Crippen molar-refractivity contribution in [3.8, 4) is 5.75 Å². The predicted molar refractivity (Wildman–Crippen MR) is 116 cm³/mol. The van der Waals surface area contributed by atoms with Crippen molar-refractivity contribution in [1.82, 2.24) is 4.98 Å². The van der Waals surface area contributed by atoms with Crippen molar-refractivity contribution < 1.29 is 23.0 Å². The molecule has 2 aromatic carbocycles. The molecule has 0 aliphatic heterocycles. The van der Waals surface area contributed by atoms with Gasteiger partial charge in [0.2, 0.25) is 5.13 Å². The average Bonchev–Trinajstić information content (AvgIpc) is 3.15. The molecule has 0 radical (unpaired) electrons. The number of carbonyl (C=O) groups is 1. The Morgan fingerprint density at radius 1 is 1.29 bits per heavy atom. The smallest absolute Gasteiger partial charge is 0.311 e. The molecule has 1 aromatic heterocycles. The summed E-state index contributed by atoms with van der Waals surface area (Å²) in [4.78, 5) is 15.8. The van der Waals surface area contributed by atoms with Crippen LogP contribution in [-0.2, 0) is 22.6 Å². The number of ether oxygens (including phenoxy) is 2. The first kappa shape index (κ1) is 22.6. The molecule has 10 heteroatoms. The fraction of sp³-hybridized carbons (Fsp3) is 0.190. The molecule has 0 saturated heterocycles. The van der Waals surface area contributed by atoms with Crippen LogP contribution in [0, 0.1) is 11.6 Å². The third-order valence-electron chi connectivity index (χ3n) is 3.92. The zero-order valence-electron chi connectivity index (χ0n) is 16.4. The quantitative estimate of drug-likeness (QED) is 0.267. The van der Waals surface area contributed by atoms with Crippen molar-refractivity contribution in [2.24, 2.45) is 5.10 Å². The third kappa shape index (κ3) is 6.73. The van der Waals surface area contributed by atoms with Crippen LogP contribution >= 0.6 is 22.9 Å². The van der Waals surface area contributed by atoms with Crippen LogP contribution in [0.3, 0.4) is 0 Å². The monoisotopic (exact) mass is 465 g/mol. The van der Waals surface area contributed by atoms with Crippen LogP contribution < -0.4 is 10.2 Å². The Labute approximate surface area is 186 Å². The number of hydrazone groups is 1. The second-order valence-corrected chi connectivity index (χ2v) is 7.50. The maximum absolute atomic E-state index is 13.8. The van der Waals surface area contributed by atoms with Crippen LogP contribution in [-0.4, -0.2) is 23.8 Å². The van der Waals surface area contributed by atoms with Crippen LogP contribution in [0.1, 0.15) is 23.7 Å². The summed E-state index contributed by atoms with van der Waals surface area (Å²) in [6, 6.07) is 8.19. The summed E-state index contributed by atoms with van der Waals surface area (Å²) in [7, 11) is 0. The van der Waals surface area contributed by atoms with Gasteiger partial charge < -0.3 is 9.47 Å². The van der Waals surface area contributed by atoms with E-state index in [1.165, 1.54) is 29.7 Å². The molecular formula is C21H18ClF2N3O3S. The molecule has 6 nitrogen and oxygen atoms in total. The molecule has 162 valence electrons. The Hall–Kier alpha value is -3.04. The summed E-state index contributed by atoms with van der Waals surface area (Å²) in [5.74, 6) is -1.27. The topological polar surface area (TPSA) is 72.8 Å². The van der Waals surface area contributed by atoms with Crippen LogP contribution in [0.5, 0.6) is 5.75 Å². The number of hydrogen-bond donors (Lipinski definition) is 1. The van der Waals surface area contributed by atoms with Gasteiger partial charge in [0.1, 0.15) is 24.0 Å². The lowest BCUT2D eigenvalue weighted by molar-refractivity contribution is -0.142. The lowest BCUT2D eigenvalue weighted by Crippen LogP contribution is -2.07. The molecule has 0 bridgehead atoms. The molecule has 1 heterocycles. The molecule has 3 rings (SSSR count). The summed E-state index contributed by atoms with van der Waals surface area (Å²) in [6.45, 7) is 1.96. The van der Waals surface area contributed by atoms with E-state index in [9.17, 15) is 13.6 Å². The second-order valence-electron chi connectivity index (χ2n) is 6.20. The first-order valence-corrected chi connectivity index (χ1v) is 10.5. The van der Waals surface area contributed by atoms with E-state index >= 15 is 0 Å². The van der Waals surface area contributed by atoms with Gasteiger partial charge in [-0.1, -0.05) is 11.6 Å². The Bertz CT molecular complexity index is 1090. The molecule has 0 fully saturated rings.